The van der Waals surface area contributed by atoms with E-state index < -0.39 is 0 Å². The second-order valence-electron chi connectivity index (χ2n) is 3.63. The predicted octanol–water partition coefficient (Wildman–Crippen LogP) is 2.47. The Hall–Kier alpha value is -1.75. The second-order valence-corrected chi connectivity index (χ2v) is 4.86. The number of hydrogen-bond donors (Lipinski definition) is 0. The van der Waals surface area contributed by atoms with Gasteiger partial charge in [-0.3, -0.25) is 9.38 Å². The number of aryl methyl sites for hydroxylation is 2. The Morgan fingerprint density at radius 1 is 1.12 bits per heavy atom. The number of fused-ring (bicyclic) bond motifs is 1. The van der Waals surface area contributed by atoms with Gasteiger partial charge in [-0.15, -0.1) is 11.3 Å². The summed E-state index contributed by atoms with van der Waals surface area (Å²) < 4.78 is 2.03. The highest BCUT2D eigenvalue weighted by atomic mass is 32.1. The van der Waals surface area contributed by atoms with E-state index in [-0.39, 0.29) is 0 Å². The Labute approximate surface area is 96.6 Å². The fourth-order valence-corrected chi connectivity index (χ4v) is 2.43. The number of imidazole rings is 1. The van der Waals surface area contributed by atoms with Crippen molar-refractivity contribution in [2.24, 2.45) is 0 Å². The van der Waals surface area contributed by atoms with Gasteiger partial charge in [0, 0.05) is 23.5 Å². The topological polar surface area (TPSA) is 43.1 Å². The molecular weight excluding hydrogens is 220 g/mol. The molecule has 0 aromatic carbocycles. The summed E-state index contributed by atoms with van der Waals surface area (Å²) in [7, 11) is 0. The Kier molecular flexibility index (Phi) is 2.00. The minimum Gasteiger partial charge on any atom is -0.294 e. The summed E-state index contributed by atoms with van der Waals surface area (Å²) in [5.74, 6) is 0.888. The van der Waals surface area contributed by atoms with Crippen molar-refractivity contribution < 1.29 is 0 Å². The molecule has 0 spiro atoms. The third-order valence-corrected chi connectivity index (χ3v) is 3.37. The number of thiazole rings is 1. The van der Waals surface area contributed by atoms with Crippen LogP contribution >= 0.6 is 11.3 Å². The van der Waals surface area contributed by atoms with Gasteiger partial charge in [-0.1, -0.05) is 0 Å². The smallest absolute Gasteiger partial charge is 0.173 e. The third-order valence-electron chi connectivity index (χ3n) is 2.46. The SMILES string of the molecule is Cc1cnc(-c2ncc3c(C)nccn23)s1. The van der Waals surface area contributed by atoms with Gasteiger partial charge in [0.1, 0.15) is 0 Å². The molecule has 0 radical (unpaired) electrons. The van der Waals surface area contributed by atoms with Crippen molar-refractivity contribution in [2.45, 2.75) is 13.8 Å². The molecule has 4 nitrogen and oxygen atoms in total. The second kappa shape index (κ2) is 3.38. The monoisotopic (exact) mass is 230 g/mol. The van der Waals surface area contributed by atoms with Gasteiger partial charge in [0.05, 0.1) is 17.4 Å². The molecule has 3 aromatic rings. The lowest BCUT2D eigenvalue weighted by Crippen LogP contribution is -1.91. The molecule has 3 aromatic heterocycles. The molecule has 0 aliphatic rings. The first kappa shape index (κ1) is 9.47. The normalized spacial score (nSPS) is 11.1. The number of hydrogen-bond acceptors (Lipinski definition) is 4. The Balaban J connectivity index is 2.29. The van der Waals surface area contributed by atoms with Crippen LogP contribution in [0.25, 0.3) is 16.3 Å². The third kappa shape index (κ3) is 1.32. The molecule has 16 heavy (non-hydrogen) atoms. The standard InChI is InChI=1S/C11H10N4S/c1-7-5-14-11(16-7)10-13-6-9-8(2)12-3-4-15(9)10/h3-6H,1-2H3. The van der Waals surface area contributed by atoms with Gasteiger partial charge in [-0.25, -0.2) is 9.97 Å². The molecule has 0 atom stereocenters. The van der Waals surface area contributed by atoms with Crippen LogP contribution in [-0.2, 0) is 0 Å². The van der Waals surface area contributed by atoms with Gasteiger partial charge in [0.25, 0.3) is 0 Å². The predicted molar refractivity (Wildman–Crippen MR) is 63.6 cm³/mol. The van der Waals surface area contributed by atoms with Gasteiger partial charge in [-0.2, -0.15) is 0 Å². The van der Waals surface area contributed by atoms with Crippen molar-refractivity contribution in [3.8, 4) is 10.8 Å². The average Bonchev–Trinajstić information content (AvgIpc) is 2.84. The lowest BCUT2D eigenvalue weighted by molar-refractivity contribution is 1.08. The van der Waals surface area contributed by atoms with Crippen LogP contribution in [0.5, 0.6) is 0 Å². The van der Waals surface area contributed by atoms with E-state index in [0.29, 0.717) is 0 Å². The van der Waals surface area contributed by atoms with E-state index in [1.807, 2.05) is 36.8 Å². The molecule has 3 rings (SSSR count). The first-order valence-electron chi connectivity index (χ1n) is 4.97. The van der Waals surface area contributed by atoms with Crippen molar-refractivity contribution in [3.05, 3.63) is 35.4 Å². The van der Waals surface area contributed by atoms with E-state index in [2.05, 4.69) is 15.0 Å². The fraction of sp³-hybridized carbons (Fsp3) is 0.182. The molecule has 3 heterocycles. The van der Waals surface area contributed by atoms with Crippen LogP contribution < -0.4 is 0 Å². The van der Waals surface area contributed by atoms with Crippen molar-refractivity contribution in [2.75, 3.05) is 0 Å². The zero-order valence-corrected chi connectivity index (χ0v) is 9.82. The van der Waals surface area contributed by atoms with E-state index in [4.69, 9.17) is 0 Å². The van der Waals surface area contributed by atoms with Crippen LogP contribution in [0.3, 0.4) is 0 Å². The quantitative estimate of drug-likeness (QED) is 0.645. The largest absolute Gasteiger partial charge is 0.294 e. The van der Waals surface area contributed by atoms with Crippen molar-refractivity contribution in [1.82, 2.24) is 19.4 Å². The summed E-state index contributed by atoms with van der Waals surface area (Å²) in [4.78, 5) is 14.2. The molecule has 0 N–H and O–H groups in total. The van der Waals surface area contributed by atoms with Gasteiger partial charge in [-0.05, 0) is 13.8 Å². The number of rotatable bonds is 1. The van der Waals surface area contributed by atoms with E-state index in [9.17, 15) is 0 Å². The molecule has 0 bridgehead atoms. The van der Waals surface area contributed by atoms with E-state index >= 15 is 0 Å². The van der Waals surface area contributed by atoms with Gasteiger partial charge in [0.15, 0.2) is 10.8 Å². The minimum absolute atomic E-state index is 0.888. The molecule has 5 heteroatoms. The summed E-state index contributed by atoms with van der Waals surface area (Å²) >= 11 is 1.65. The molecule has 0 aliphatic heterocycles. The molecule has 0 saturated carbocycles. The molecule has 80 valence electrons. The van der Waals surface area contributed by atoms with Crippen LogP contribution in [0.15, 0.2) is 24.8 Å². The van der Waals surface area contributed by atoms with E-state index in [1.54, 1.807) is 17.5 Å². The first-order valence-corrected chi connectivity index (χ1v) is 5.79. The molecule has 0 fully saturated rings. The zero-order valence-electron chi connectivity index (χ0n) is 9.01. The Bertz CT molecular complexity index is 653. The summed E-state index contributed by atoms with van der Waals surface area (Å²) in [6.45, 7) is 4.03. The van der Waals surface area contributed by atoms with Crippen molar-refractivity contribution >= 4 is 16.9 Å². The number of nitrogens with zero attached hydrogens (tertiary/aromatic N) is 4. The van der Waals surface area contributed by atoms with E-state index in [0.717, 1.165) is 22.0 Å². The summed E-state index contributed by atoms with van der Waals surface area (Å²) in [6.07, 6.45) is 7.42. The highest BCUT2D eigenvalue weighted by molar-refractivity contribution is 7.14. The molecule has 0 aliphatic carbocycles. The van der Waals surface area contributed by atoms with Crippen LogP contribution in [0.4, 0.5) is 0 Å². The van der Waals surface area contributed by atoms with Gasteiger partial charge in [0.2, 0.25) is 0 Å². The summed E-state index contributed by atoms with van der Waals surface area (Å²) in [6, 6.07) is 0. The maximum Gasteiger partial charge on any atom is 0.173 e. The van der Waals surface area contributed by atoms with Gasteiger partial charge >= 0.3 is 0 Å². The maximum atomic E-state index is 4.41. The van der Waals surface area contributed by atoms with Crippen LogP contribution in [-0.4, -0.2) is 19.4 Å². The zero-order chi connectivity index (χ0) is 11.1. The molecular formula is C11H10N4S. The van der Waals surface area contributed by atoms with Crippen LogP contribution in [0.1, 0.15) is 10.6 Å². The summed E-state index contributed by atoms with van der Waals surface area (Å²) in [5.41, 5.74) is 2.01. The Morgan fingerprint density at radius 2 is 2.00 bits per heavy atom. The average molecular weight is 230 g/mol. The minimum atomic E-state index is 0.888. The van der Waals surface area contributed by atoms with E-state index in [1.165, 1.54) is 4.88 Å². The lowest BCUT2D eigenvalue weighted by Gasteiger charge is -1.98. The maximum absolute atomic E-state index is 4.41. The first-order chi connectivity index (χ1) is 7.75. The van der Waals surface area contributed by atoms with Crippen molar-refractivity contribution in [1.29, 1.82) is 0 Å². The highest BCUT2D eigenvalue weighted by Gasteiger charge is 2.10. The number of aromatic nitrogens is 4. The summed E-state index contributed by atoms with van der Waals surface area (Å²) in [5, 5.41) is 0.947. The van der Waals surface area contributed by atoms with Gasteiger partial charge < -0.3 is 0 Å². The molecule has 0 amide bonds. The highest BCUT2D eigenvalue weighted by Crippen LogP contribution is 2.24. The Morgan fingerprint density at radius 3 is 2.75 bits per heavy atom. The van der Waals surface area contributed by atoms with Crippen LogP contribution in [0, 0.1) is 13.8 Å². The lowest BCUT2D eigenvalue weighted by atomic mass is 10.4. The molecule has 0 saturated heterocycles. The van der Waals surface area contributed by atoms with Crippen molar-refractivity contribution in [3.63, 3.8) is 0 Å². The fourth-order valence-electron chi connectivity index (χ4n) is 1.67. The van der Waals surface area contributed by atoms with Crippen LogP contribution in [0.2, 0.25) is 0 Å². The molecule has 0 unspecified atom stereocenters.